The van der Waals surface area contributed by atoms with Gasteiger partial charge in [-0.3, -0.25) is 4.99 Å². The van der Waals surface area contributed by atoms with Crippen LogP contribution in [0.4, 0.5) is 5.82 Å². The number of hydrogen-bond acceptors (Lipinski definition) is 4. The molecule has 1 aromatic heterocycles. The number of hydrogen-bond donors (Lipinski definition) is 2. The van der Waals surface area contributed by atoms with Gasteiger partial charge in [0.25, 0.3) is 0 Å². The highest BCUT2D eigenvalue weighted by molar-refractivity contribution is 5.80. The van der Waals surface area contributed by atoms with Gasteiger partial charge in [0, 0.05) is 45.7 Å². The van der Waals surface area contributed by atoms with Crippen LogP contribution in [0.25, 0.3) is 10.9 Å². The van der Waals surface area contributed by atoms with Gasteiger partial charge in [0.15, 0.2) is 5.96 Å². The van der Waals surface area contributed by atoms with Crippen LogP contribution in [0.5, 0.6) is 0 Å². The fourth-order valence-electron chi connectivity index (χ4n) is 2.76. The maximum absolute atomic E-state index is 5.70. The second kappa shape index (κ2) is 9.38. The molecule has 1 saturated carbocycles. The molecule has 0 amide bonds. The van der Waals surface area contributed by atoms with Crippen LogP contribution in [-0.2, 0) is 4.74 Å². The number of fused-ring (bicyclic) bond motifs is 1. The maximum Gasteiger partial charge on any atom is 0.193 e. The third-order valence-electron chi connectivity index (χ3n) is 4.51. The van der Waals surface area contributed by atoms with E-state index in [0.717, 1.165) is 61.4 Å². The lowest BCUT2D eigenvalue weighted by Crippen LogP contribution is -2.42. The molecule has 2 aromatic rings. The van der Waals surface area contributed by atoms with E-state index in [0.29, 0.717) is 0 Å². The molecule has 0 unspecified atom stereocenters. The smallest absolute Gasteiger partial charge is 0.193 e. The first-order valence-electron chi connectivity index (χ1n) is 9.35. The SMILES string of the molecule is CN=C(NCCNc1ccc2ccccc2n1)N(C)CCOCC1CC1. The van der Waals surface area contributed by atoms with Gasteiger partial charge in [-0.1, -0.05) is 18.2 Å². The number of aromatic nitrogens is 1. The van der Waals surface area contributed by atoms with Gasteiger partial charge in [-0.25, -0.2) is 4.98 Å². The van der Waals surface area contributed by atoms with Crippen LogP contribution in [0.2, 0.25) is 0 Å². The van der Waals surface area contributed by atoms with Crippen LogP contribution in [-0.4, -0.2) is 62.8 Å². The van der Waals surface area contributed by atoms with Crippen LogP contribution < -0.4 is 10.6 Å². The Bertz CT molecular complexity index is 729. The molecule has 1 aliphatic rings. The van der Waals surface area contributed by atoms with Crippen LogP contribution >= 0.6 is 0 Å². The third-order valence-corrected chi connectivity index (χ3v) is 4.51. The molecule has 1 aromatic carbocycles. The highest BCUT2D eigenvalue weighted by Gasteiger charge is 2.21. The Morgan fingerprint density at radius 1 is 1.23 bits per heavy atom. The van der Waals surface area contributed by atoms with Gasteiger partial charge in [-0.2, -0.15) is 0 Å². The molecule has 0 saturated heterocycles. The second-order valence-corrected chi connectivity index (χ2v) is 6.73. The first-order valence-corrected chi connectivity index (χ1v) is 9.35. The molecule has 0 spiro atoms. The average Bonchev–Trinajstić information content (AvgIpc) is 3.49. The van der Waals surface area contributed by atoms with Crippen LogP contribution in [0.15, 0.2) is 41.4 Å². The summed E-state index contributed by atoms with van der Waals surface area (Å²) in [7, 11) is 3.84. The molecule has 26 heavy (non-hydrogen) atoms. The van der Waals surface area contributed by atoms with E-state index in [1.807, 2.05) is 38.4 Å². The van der Waals surface area contributed by atoms with E-state index in [2.05, 4.69) is 37.6 Å². The van der Waals surface area contributed by atoms with Crippen molar-refractivity contribution in [3.63, 3.8) is 0 Å². The molecular formula is C20H29N5O. The minimum atomic E-state index is 0.743. The number of ether oxygens (including phenoxy) is 1. The molecular weight excluding hydrogens is 326 g/mol. The lowest BCUT2D eigenvalue weighted by molar-refractivity contribution is 0.115. The zero-order chi connectivity index (χ0) is 18.2. The molecule has 0 radical (unpaired) electrons. The van der Waals surface area contributed by atoms with Crippen molar-refractivity contribution >= 4 is 22.7 Å². The minimum Gasteiger partial charge on any atom is -0.379 e. The lowest BCUT2D eigenvalue weighted by Gasteiger charge is -2.22. The van der Waals surface area contributed by atoms with Gasteiger partial charge in [-0.15, -0.1) is 0 Å². The summed E-state index contributed by atoms with van der Waals surface area (Å²) in [5, 5.41) is 7.88. The van der Waals surface area contributed by atoms with Gasteiger partial charge in [-0.05, 0) is 37.0 Å². The van der Waals surface area contributed by atoms with Gasteiger partial charge in [0.05, 0.1) is 12.1 Å². The Labute approximate surface area is 155 Å². The zero-order valence-electron chi connectivity index (χ0n) is 15.7. The Balaban J connectivity index is 1.36. The molecule has 6 heteroatoms. The van der Waals surface area contributed by atoms with Crippen molar-refractivity contribution in [2.45, 2.75) is 12.8 Å². The van der Waals surface area contributed by atoms with Crippen molar-refractivity contribution in [2.75, 3.05) is 52.3 Å². The van der Waals surface area contributed by atoms with Crippen molar-refractivity contribution in [2.24, 2.45) is 10.9 Å². The highest BCUT2D eigenvalue weighted by Crippen LogP contribution is 2.28. The van der Waals surface area contributed by atoms with Crippen molar-refractivity contribution in [1.29, 1.82) is 0 Å². The summed E-state index contributed by atoms with van der Waals surface area (Å²) in [5.41, 5.74) is 1.01. The summed E-state index contributed by atoms with van der Waals surface area (Å²) >= 11 is 0. The molecule has 3 rings (SSSR count). The Kier molecular flexibility index (Phi) is 6.66. The van der Waals surface area contributed by atoms with Crippen LogP contribution in [0, 0.1) is 5.92 Å². The number of rotatable bonds is 9. The quantitative estimate of drug-likeness (QED) is 0.411. The van der Waals surface area contributed by atoms with Crippen LogP contribution in [0.1, 0.15) is 12.8 Å². The van der Waals surface area contributed by atoms with E-state index in [4.69, 9.17) is 4.74 Å². The van der Waals surface area contributed by atoms with E-state index in [9.17, 15) is 0 Å². The number of nitrogens with one attached hydrogen (secondary N) is 2. The fourth-order valence-corrected chi connectivity index (χ4v) is 2.76. The minimum absolute atomic E-state index is 0.743. The maximum atomic E-state index is 5.70. The first-order chi connectivity index (χ1) is 12.8. The lowest BCUT2D eigenvalue weighted by atomic mass is 10.2. The number of para-hydroxylation sites is 1. The summed E-state index contributed by atoms with van der Waals surface area (Å²) in [4.78, 5) is 11.1. The van der Waals surface area contributed by atoms with Gasteiger partial charge < -0.3 is 20.3 Å². The van der Waals surface area contributed by atoms with Gasteiger partial charge in [0.1, 0.15) is 5.82 Å². The van der Waals surface area contributed by atoms with Gasteiger partial charge >= 0.3 is 0 Å². The summed E-state index contributed by atoms with van der Waals surface area (Å²) in [6.07, 6.45) is 2.66. The predicted molar refractivity (Wildman–Crippen MR) is 108 cm³/mol. The van der Waals surface area contributed by atoms with Gasteiger partial charge in [0.2, 0.25) is 0 Å². The van der Waals surface area contributed by atoms with Crippen molar-refractivity contribution in [3.05, 3.63) is 36.4 Å². The normalized spacial score (nSPS) is 14.5. The van der Waals surface area contributed by atoms with E-state index >= 15 is 0 Å². The second-order valence-electron chi connectivity index (χ2n) is 6.73. The number of guanidine groups is 1. The summed E-state index contributed by atoms with van der Waals surface area (Å²) < 4.78 is 5.70. The molecule has 2 N–H and O–H groups in total. The molecule has 1 aliphatic carbocycles. The largest absolute Gasteiger partial charge is 0.379 e. The third kappa shape index (κ3) is 5.59. The molecule has 0 atom stereocenters. The highest BCUT2D eigenvalue weighted by atomic mass is 16.5. The van der Waals surface area contributed by atoms with E-state index in [1.165, 1.54) is 12.8 Å². The molecule has 6 nitrogen and oxygen atoms in total. The molecule has 140 valence electrons. The number of likely N-dealkylation sites (N-methyl/N-ethyl adjacent to an activating group) is 1. The molecule has 0 bridgehead atoms. The molecule has 1 fully saturated rings. The summed E-state index contributed by atoms with van der Waals surface area (Å²) in [6.45, 7) is 4.03. The zero-order valence-corrected chi connectivity index (χ0v) is 15.7. The molecule has 1 heterocycles. The number of nitrogens with zero attached hydrogens (tertiary/aromatic N) is 3. The van der Waals surface area contributed by atoms with Crippen molar-refractivity contribution in [1.82, 2.24) is 15.2 Å². The topological polar surface area (TPSA) is 61.8 Å². The summed E-state index contributed by atoms with van der Waals surface area (Å²) in [5.74, 6) is 2.59. The Hall–Kier alpha value is -2.34. The van der Waals surface area contributed by atoms with Crippen molar-refractivity contribution < 1.29 is 4.74 Å². The number of anilines is 1. The Morgan fingerprint density at radius 2 is 2.08 bits per heavy atom. The van der Waals surface area contributed by atoms with Crippen LogP contribution in [0.3, 0.4) is 0 Å². The fraction of sp³-hybridized carbons (Fsp3) is 0.500. The number of aliphatic imine (C=N–C) groups is 1. The summed E-state index contributed by atoms with van der Waals surface area (Å²) in [6, 6.07) is 12.2. The Morgan fingerprint density at radius 3 is 2.88 bits per heavy atom. The number of benzene rings is 1. The monoisotopic (exact) mass is 355 g/mol. The molecule has 0 aliphatic heterocycles. The average molecular weight is 355 g/mol. The standard InChI is InChI=1S/C20H29N5O/c1-21-20(25(2)13-14-26-15-16-7-8-16)23-12-11-22-19-10-9-17-5-3-4-6-18(17)24-19/h3-6,9-10,16H,7-8,11-15H2,1-2H3,(H,21,23)(H,22,24). The van der Waals surface area contributed by atoms with E-state index < -0.39 is 0 Å². The van der Waals surface area contributed by atoms with E-state index in [-0.39, 0.29) is 0 Å². The predicted octanol–water partition coefficient (Wildman–Crippen LogP) is 2.58. The van der Waals surface area contributed by atoms with Crippen molar-refractivity contribution in [3.8, 4) is 0 Å². The van der Waals surface area contributed by atoms with E-state index in [1.54, 1.807) is 0 Å². The number of pyridine rings is 1. The first kappa shape index (κ1) is 18.5.